The molecule has 1 amide bonds. The Morgan fingerprint density at radius 2 is 2.00 bits per heavy atom. The highest BCUT2D eigenvalue weighted by Gasteiger charge is 2.07. The van der Waals surface area contributed by atoms with Crippen LogP contribution in [-0.4, -0.2) is 10.9 Å². The Bertz CT molecular complexity index is 632. The molecule has 2 rings (SSSR count). The summed E-state index contributed by atoms with van der Waals surface area (Å²) in [4.78, 5) is 15.9. The van der Waals surface area contributed by atoms with E-state index in [1.165, 1.54) is 12.3 Å². The van der Waals surface area contributed by atoms with E-state index in [9.17, 15) is 13.6 Å². The molecule has 0 radical (unpaired) electrons. The van der Waals surface area contributed by atoms with Gasteiger partial charge < -0.3 is 11.1 Å². The van der Waals surface area contributed by atoms with Crippen molar-refractivity contribution in [2.24, 2.45) is 5.73 Å². The molecule has 0 aliphatic carbocycles. The van der Waals surface area contributed by atoms with Crippen LogP contribution in [0.2, 0.25) is 0 Å². The molecule has 0 unspecified atom stereocenters. The summed E-state index contributed by atoms with van der Waals surface area (Å²) in [5.41, 5.74) is 6.94. The Morgan fingerprint density at radius 1 is 1.20 bits per heavy atom. The highest BCUT2D eigenvalue weighted by molar-refractivity contribution is 5.94. The van der Waals surface area contributed by atoms with Crippen LogP contribution in [0.5, 0.6) is 0 Å². The lowest BCUT2D eigenvalue weighted by Gasteiger charge is -2.06. The number of nitrogens with one attached hydrogen (secondary N) is 1. The van der Waals surface area contributed by atoms with Crippen molar-refractivity contribution in [2.45, 2.75) is 13.1 Å². The van der Waals surface area contributed by atoms with E-state index in [4.69, 9.17) is 5.73 Å². The molecule has 6 heteroatoms. The minimum atomic E-state index is -0.939. The minimum Gasteiger partial charge on any atom is -0.348 e. The van der Waals surface area contributed by atoms with Crippen LogP contribution in [0.15, 0.2) is 36.5 Å². The Kier molecular flexibility index (Phi) is 4.37. The second-order valence-corrected chi connectivity index (χ2v) is 4.17. The van der Waals surface area contributed by atoms with Crippen molar-refractivity contribution in [1.82, 2.24) is 10.3 Å². The third kappa shape index (κ3) is 3.36. The maximum atomic E-state index is 13.0. The van der Waals surface area contributed by atoms with Gasteiger partial charge in [-0.15, -0.1) is 0 Å². The van der Waals surface area contributed by atoms with E-state index in [2.05, 4.69) is 10.3 Å². The minimum absolute atomic E-state index is 0.107. The number of halogens is 2. The molecule has 0 spiro atoms. The molecule has 0 fully saturated rings. The number of carbonyl (C=O) groups is 1. The van der Waals surface area contributed by atoms with Crippen molar-refractivity contribution in [1.29, 1.82) is 0 Å². The van der Waals surface area contributed by atoms with Crippen molar-refractivity contribution in [3.8, 4) is 0 Å². The van der Waals surface area contributed by atoms with Gasteiger partial charge in [0.25, 0.3) is 5.91 Å². The molecular weight excluding hydrogens is 264 g/mol. The number of aromatic nitrogens is 1. The van der Waals surface area contributed by atoms with Crippen LogP contribution in [0, 0.1) is 11.6 Å². The van der Waals surface area contributed by atoms with Crippen LogP contribution in [0.4, 0.5) is 8.78 Å². The number of hydrogen-bond acceptors (Lipinski definition) is 3. The largest absolute Gasteiger partial charge is 0.348 e. The summed E-state index contributed by atoms with van der Waals surface area (Å²) in [6.07, 6.45) is 1.49. The lowest BCUT2D eigenvalue weighted by atomic mass is 10.2. The van der Waals surface area contributed by atoms with E-state index < -0.39 is 11.6 Å². The highest BCUT2D eigenvalue weighted by Crippen LogP contribution is 2.09. The fraction of sp³-hybridized carbons (Fsp3) is 0.143. The Morgan fingerprint density at radius 3 is 2.70 bits per heavy atom. The smallest absolute Gasteiger partial charge is 0.251 e. The van der Waals surface area contributed by atoms with E-state index in [0.717, 1.165) is 12.1 Å². The molecule has 0 atom stereocenters. The van der Waals surface area contributed by atoms with Crippen molar-refractivity contribution < 1.29 is 13.6 Å². The van der Waals surface area contributed by atoms with E-state index in [-0.39, 0.29) is 19.0 Å². The Balaban J connectivity index is 2.02. The fourth-order valence-corrected chi connectivity index (χ4v) is 1.67. The Hall–Kier alpha value is -2.34. The van der Waals surface area contributed by atoms with E-state index >= 15 is 0 Å². The first kappa shape index (κ1) is 14.1. The van der Waals surface area contributed by atoms with Crippen LogP contribution >= 0.6 is 0 Å². The maximum Gasteiger partial charge on any atom is 0.251 e. The van der Waals surface area contributed by atoms with Gasteiger partial charge in [0.15, 0.2) is 11.6 Å². The summed E-state index contributed by atoms with van der Waals surface area (Å²) < 4.78 is 25.8. The quantitative estimate of drug-likeness (QED) is 0.894. The highest BCUT2D eigenvalue weighted by atomic mass is 19.2. The SMILES string of the molecule is NCc1cc(C(=O)NCc2ccc(F)c(F)c2)ccn1. The van der Waals surface area contributed by atoms with Gasteiger partial charge in [-0.1, -0.05) is 6.07 Å². The molecule has 1 aromatic carbocycles. The number of rotatable bonds is 4. The molecule has 4 nitrogen and oxygen atoms in total. The summed E-state index contributed by atoms with van der Waals surface area (Å²) in [6.45, 7) is 0.348. The number of carbonyl (C=O) groups excluding carboxylic acids is 1. The molecule has 0 aliphatic heterocycles. The number of hydrogen-bond donors (Lipinski definition) is 2. The first-order chi connectivity index (χ1) is 9.60. The first-order valence-corrected chi connectivity index (χ1v) is 5.97. The molecule has 0 aliphatic rings. The predicted octanol–water partition coefficient (Wildman–Crippen LogP) is 1.75. The van der Waals surface area contributed by atoms with Crippen LogP contribution in [0.25, 0.3) is 0 Å². The number of nitrogens with two attached hydrogens (primary N) is 1. The van der Waals surface area contributed by atoms with E-state index in [0.29, 0.717) is 16.8 Å². The zero-order valence-corrected chi connectivity index (χ0v) is 10.6. The molecule has 2 aromatic rings. The second-order valence-electron chi connectivity index (χ2n) is 4.17. The number of amides is 1. The Labute approximate surface area is 114 Å². The molecule has 1 aromatic heterocycles. The zero-order valence-electron chi connectivity index (χ0n) is 10.6. The monoisotopic (exact) mass is 277 g/mol. The molecule has 20 heavy (non-hydrogen) atoms. The molecule has 104 valence electrons. The zero-order chi connectivity index (χ0) is 14.5. The average Bonchev–Trinajstić information content (AvgIpc) is 2.48. The normalized spacial score (nSPS) is 10.3. The fourth-order valence-electron chi connectivity index (χ4n) is 1.67. The van der Waals surface area contributed by atoms with Gasteiger partial charge in [0.1, 0.15) is 0 Å². The van der Waals surface area contributed by atoms with Gasteiger partial charge in [0, 0.05) is 24.8 Å². The number of nitrogens with zero attached hydrogens (tertiary/aromatic N) is 1. The second kappa shape index (κ2) is 6.21. The standard InChI is InChI=1S/C14H13F2N3O/c15-12-2-1-9(5-13(12)16)8-19-14(20)10-3-4-18-11(6-10)7-17/h1-6H,7-8,17H2,(H,19,20). The first-order valence-electron chi connectivity index (χ1n) is 5.97. The number of benzene rings is 1. The third-order valence-corrected chi connectivity index (χ3v) is 2.72. The van der Waals surface area contributed by atoms with E-state index in [1.54, 1.807) is 12.1 Å². The van der Waals surface area contributed by atoms with Gasteiger partial charge in [-0.05, 0) is 29.8 Å². The van der Waals surface area contributed by atoms with Gasteiger partial charge in [-0.25, -0.2) is 8.78 Å². The maximum absolute atomic E-state index is 13.0. The van der Waals surface area contributed by atoms with Crippen LogP contribution in [0.3, 0.4) is 0 Å². The predicted molar refractivity (Wildman–Crippen MR) is 69.7 cm³/mol. The molecule has 0 bridgehead atoms. The molecular formula is C14H13F2N3O. The lowest BCUT2D eigenvalue weighted by Crippen LogP contribution is -2.23. The number of pyridine rings is 1. The molecule has 1 heterocycles. The van der Waals surface area contributed by atoms with E-state index in [1.807, 2.05) is 0 Å². The molecule has 3 N–H and O–H groups in total. The van der Waals surface area contributed by atoms with Crippen LogP contribution < -0.4 is 11.1 Å². The van der Waals surface area contributed by atoms with Crippen molar-refractivity contribution in [3.05, 3.63) is 65.0 Å². The summed E-state index contributed by atoms with van der Waals surface area (Å²) in [7, 11) is 0. The van der Waals surface area contributed by atoms with Crippen LogP contribution in [0.1, 0.15) is 21.6 Å². The molecule has 0 saturated carbocycles. The van der Waals surface area contributed by atoms with Gasteiger partial charge in [-0.2, -0.15) is 0 Å². The third-order valence-electron chi connectivity index (χ3n) is 2.72. The summed E-state index contributed by atoms with van der Waals surface area (Å²) in [5.74, 6) is -2.18. The van der Waals surface area contributed by atoms with Crippen LogP contribution in [-0.2, 0) is 13.1 Å². The van der Waals surface area contributed by atoms with Crippen molar-refractivity contribution in [3.63, 3.8) is 0 Å². The lowest BCUT2D eigenvalue weighted by molar-refractivity contribution is 0.0950. The summed E-state index contributed by atoms with van der Waals surface area (Å²) in [5, 5.41) is 2.62. The van der Waals surface area contributed by atoms with Gasteiger partial charge in [-0.3, -0.25) is 9.78 Å². The topological polar surface area (TPSA) is 68.0 Å². The van der Waals surface area contributed by atoms with Gasteiger partial charge >= 0.3 is 0 Å². The van der Waals surface area contributed by atoms with Gasteiger partial charge in [0.05, 0.1) is 5.69 Å². The summed E-state index contributed by atoms with van der Waals surface area (Å²) >= 11 is 0. The molecule has 0 saturated heterocycles. The summed E-state index contributed by atoms with van der Waals surface area (Å²) in [6, 6.07) is 6.63. The average molecular weight is 277 g/mol. The van der Waals surface area contributed by atoms with Gasteiger partial charge in [0.2, 0.25) is 0 Å². The van der Waals surface area contributed by atoms with Crippen molar-refractivity contribution >= 4 is 5.91 Å². The van der Waals surface area contributed by atoms with Crippen molar-refractivity contribution in [2.75, 3.05) is 0 Å².